The van der Waals surface area contributed by atoms with Crippen molar-refractivity contribution in [2.24, 2.45) is 13.0 Å². The summed E-state index contributed by atoms with van der Waals surface area (Å²) in [5.74, 6) is 0.943. The molecule has 1 atom stereocenters. The molecule has 3 heterocycles. The van der Waals surface area contributed by atoms with Gasteiger partial charge in [0.05, 0.1) is 17.0 Å². The van der Waals surface area contributed by atoms with E-state index in [1.807, 2.05) is 43.9 Å². The lowest BCUT2D eigenvalue weighted by Gasteiger charge is -2.40. The molecule has 0 saturated carbocycles. The highest BCUT2D eigenvalue weighted by molar-refractivity contribution is 5.82. The third kappa shape index (κ3) is 5.43. The largest absolute Gasteiger partial charge is 0.444 e. The van der Waals surface area contributed by atoms with Crippen LogP contribution in [-0.4, -0.2) is 76.2 Å². The van der Waals surface area contributed by atoms with Crippen LogP contribution in [0.4, 0.5) is 10.5 Å². The SMILES string of the molecule is Cn1c(-c2cccc(N3CCN(C(=O)[C@@H]4CCCN(C(=O)OC(C)(C)C)C4)CC3)c2)nc2ccccc21. The van der Waals surface area contributed by atoms with Crippen molar-refractivity contribution in [3.05, 3.63) is 48.5 Å². The summed E-state index contributed by atoms with van der Waals surface area (Å²) in [5.41, 5.74) is 3.80. The van der Waals surface area contributed by atoms with Crippen LogP contribution in [0.5, 0.6) is 0 Å². The Morgan fingerprint density at radius 3 is 2.43 bits per heavy atom. The van der Waals surface area contributed by atoms with Crippen LogP contribution in [0.2, 0.25) is 0 Å². The van der Waals surface area contributed by atoms with Gasteiger partial charge in [-0.15, -0.1) is 0 Å². The lowest BCUT2D eigenvalue weighted by atomic mass is 9.96. The number of aromatic nitrogens is 2. The van der Waals surface area contributed by atoms with Crippen LogP contribution in [0.3, 0.4) is 0 Å². The Hall–Kier alpha value is -3.55. The van der Waals surface area contributed by atoms with Crippen molar-refractivity contribution >= 4 is 28.7 Å². The number of imidazole rings is 1. The molecule has 8 nitrogen and oxygen atoms in total. The summed E-state index contributed by atoms with van der Waals surface area (Å²) in [5, 5.41) is 0. The third-order valence-electron chi connectivity index (χ3n) is 7.27. The molecule has 0 radical (unpaired) electrons. The third-order valence-corrected chi connectivity index (χ3v) is 7.27. The lowest BCUT2D eigenvalue weighted by Crippen LogP contribution is -2.53. The van der Waals surface area contributed by atoms with Gasteiger partial charge in [-0.3, -0.25) is 4.79 Å². The minimum absolute atomic E-state index is 0.154. The number of likely N-dealkylation sites (tertiary alicyclic amines) is 1. The maximum atomic E-state index is 13.3. The van der Waals surface area contributed by atoms with Crippen LogP contribution in [0, 0.1) is 5.92 Å². The van der Waals surface area contributed by atoms with Crippen LogP contribution in [0.15, 0.2) is 48.5 Å². The van der Waals surface area contributed by atoms with E-state index in [9.17, 15) is 9.59 Å². The first-order valence-corrected chi connectivity index (χ1v) is 13.2. The molecule has 0 aliphatic carbocycles. The molecule has 2 fully saturated rings. The van der Waals surface area contributed by atoms with E-state index < -0.39 is 5.60 Å². The second-order valence-corrected chi connectivity index (χ2v) is 11.1. The number of piperazine rings is 1. The zero-order valence-corrected chi connectivity index (χ0v) is 22.3. The number of para-hydroxylation sites is 2. The molecule has 1 aromatic heterocycles. The Morgan fingerprint density at radius 2 is 1.70 bits per heavy atom. The van der Waals surface area contributed by atoms with Gasteiger partial charge >= 0.3 is 6.09 Å². The Bertz CT molecular complexity index is 1290. The number of aryl methyl sites for hydroxylation is 1. The number of hydrogen-bond acceptors (Lipinski definition) is 5. The highest BCUT2D eigenvalue weighted by Crippen LogP contribution is 2.28. The van der Waals surface area contributed by atoms with Crippen LogP contribution in [-0.2, 0) is 16.6 Å². The summed E-state index contributed by atoms with van der Waals surface area (Å²) in [6.45, 7) is 9.60. The van der Waals surface area contributed by atoms with E-state index in [4.69, 9.17) is 9.72 Å². The average molecular weight is 504 g/mol. The number of ether oxygens (including phenoxy) is 1. The summed E-state index contributed by atoms with van der Waals surface area (Å²) in [4.78, 5) is 36.7. The van der Waals surface area contributed by atoms with Gasteiger partial charge in [-0.25, -0.2) is 9.78 Å². The number of nitrogens with zero attached hydrogens (tertiary/aromatic N) is 5. The number of carbonyl (C=O) groups excluding carboxylic acids is 2. The number of amides is 2. The molecule has 2 amide bonds. The molecule has 0 unspecified atom stereocenters. The Morgan fingerprint density at radius 1 is 0.946 bits per heavy atom. The molecule has 2 aliphatic heterocycles. The molecule has 2 saturated heterocycles. The van der Waals surface area contributed by atoms with Gasteiger partial charge < -0.3 is 24.0 Å². The van der Waals surface area contributed by atoms with Crippen molar-refractivity contribution in [1.29, 1.82) is 0 Å². The van der Waals surface area contributed by atoms with E-state index in [-0.39, 0.29) is 17.9 Å². The number of anilines is 1. The van der Waals surface area contributed by atoms with E-state index >= 15 is 0 Å². The highest BCUT2D eigenvalue weighted by Gasteiger charge is 2.34. The molecule has 196 valence electrons. The number of rotatable bonds is 3. The van der Waals surface area contributed by atoms with Crippen molar-refractivity contribution in [3.63, 3.8) is 0 Å². The summed E-state index contributed by atoms with van der Waals surface area (Å²) in [6.07, 6.45) is 1.32. The van der Waals surface area contributed by atoms with Crippen LogP contribution < -0.4 is 4.90 Å². The molecule has 5 rings (SSSR count). The molecule has 0 spiro atoms. The fourth-order valence-corrected chi connectivity index (χ4v) is 5.36. The van der Waals surface area contributed by atoms with Crippen LogP contribution >= 0.6 is 0 Å². The van der Waals surface area contributed by atoms with Crippen molar-refractivity contribution in [2.75, 3.05) is 44.2 Å². The Balaban J connectivity index is 1.21. The molecule has 2 aliphatic rings. The molecular weight excluding hydrogens is 466 g/mol. The van der Waals surface area contributed by atoms with Gasteiger partial charge in [0.2, 0.25) is 5.91 Å². The number of hydrogen-bond donors (Lipinski definition) is 0. The molecule has 3 aromatic rings. The quantitative estimate of drug-likeness (QED) is 0.525. The molecule has 0 bridgehead atoms. The number of fused-ring (bicyclic) bond motifs is 1. The Labute approximate surface area is 218 Å². The van der Waals surface area contributed by atoms with E-state index in [2.05, 4.69) is 46.8 Å². The second-order valence-electron chi connectivity index (χ2n) is 11.1. The topological polar surface area (TPSA) is 70.9 Å². The highest BCUT2D eigenvalue weighted by atomic mass is 16.6. The molecule has 2 aromatic carbocycles. The van der Waals surface area contributed by atoms with E-state index in [0.29, 0.717) is 26.2 Å². The number of benzene rings is 2. The molecule has 8 heteroatoms. The van der Waals surface area contributed by atoms with Crippen molar-refractivity contribution in [3.8, 4) is 11.4 Å². The molecular formula is C29H37N5O3. The van der Waals surface area contributed by atoms with Crippen LogP contribution in [0.25, 0.3) is 22.4 Å². The van der Waals surface area contributed by atoms with E-state index in [0.717, 1.165) is 54.0 Å². The summed E-state index contributed by atoms with van der Waals surface area (Å²) >= 11 is 0. The zero-order chi connectivity index (χ0) is 26.2. The minimum Gasteiger partial charge on any atom is -0.444 e. The predicted molar refractivity (Wildman–Crippen MR) is 145 cm³/mol. The van der Waals surface area contributed by atoms with Gasteiger partial charge in [0, 0.05) is 57.6 Å². The summed E-state index contributed by atoms with van der Waals surface area (Å²) in [7, 11) is 2.05. The van der Waals surface area contributed by atoms with Gasteiger partial charge in [-0.05, 0) is 57.9 Å². The average Bonchev–Trinajstić information content (AvgIpc) is 3.24. The number of carbonyl (C=O) groups is 2. The van der Waals surface area contributed by atoms with Gasteiger partial charge in [0.15, 0.2) is 0 Å². The standard InChI is InChI=1S/C29H37N5O3/c1-29(2,3)37-28(36)34-14-8-10-22(20-34)27(35)33-17-15-32(16-18-33)23-11-7-9-21(19-23)26-30-24-12-5-6-13-25(24)31(26)4/h5-7,9,11-13,19,22H,8,10,14-18,20H2,1-4H3/t22-/m1/s1. The predicted octanol–water partition coefficient (Wildman–Crippen LogP) is 4.54. The summed E-state index contributed by atoms with van der Waals surface area (Å²) < 4.78 is 7.66. The van der Waals surface area contributed by atoms with E-state index in [1.165, 1.54) is 0 Å². The first-order valence-electron chi connectivity index (χ1n) is 13.2. The molecule has 0 N–H and O–H groups in total. The normalized spacial score (nSPS) is 18.8. The fourth-order valence-electron chi connectivity index (χ4n) is 5.36. The summed E-state index contributed by atoms with van der Waals surface area (Å²) in [6, 6.07) is 16.7. The lowest BCUT2D eigenvalue weighted by molar-refractivity contribution is -0.137. The van der Waals surface area contributed by atoms with Crippen molar-refractivity contribution in [1.82, 2.24) is 19.4 Å². The van der Waals surface area contributed by atoms with Crippen molar-refractivity contribution in [2.45, 2.75) is 39.2 Å². The number of piperidine rings is 1. The zero-order valence-electron chi connectivity index (χ0n) is 22.3. The smallest absolute Gasteiger partial charge is 0.410 e. The maximum Gasteiger partial charge on any atom is 0.410 e. The molecule has 37 heavy (non-hydrogen) atoms. The second kappa shape index (κ2) is 10.1. The monoisotopic (exact) mass is 503 g/mol. The van der Waals surface area contributed by atoms with Gasteiger partial charge in [-0.1, -0.05) is 24.3 Å². The fraction of sp³-hybridized carbons (Fsp3) is 0.483. The minimum atomic E-state index is -0.536. The van der Waals surface area contributed by atoms with Gasteiger partial charge in [0.1, 0.15) is 11.4 Å². The first kappa shape index (κ1) is 25.1. The van der Waals surface area contributed by atoms with Crippen LogP contribution in [0.1, 0.15) is 33.6 Å². The van der Waals surface area contributed by atoms with Gasteiger partial charge in [-0.2, -0.15) is 0 Å². The Kier molecular flexibility index (Phi) is 6.84. The van der Waals surface area contributed by atoms with E-state index in [1.54, 1.807) is 4.90 Å². The van der Waals surface area contributed by atoms with Gasteiger partial charge in [0.25, 0.3) is 0 Å². The maximum absolute atomic E-state index is 13.3. The van der Waals surface area contributed by atoms with Crippen molar-refractivity contribution < 1.29 is 14.3 Å². The first-order chi connectivity index (χ1) is 17.7.